The van der Waals surface area contributed by atoms with Crippen LogP contribution < -0.4 is 15.1 Å². The Hall–Kier alpha value is -4.44. The summed E-state index contributed by atoms with van der Waals surface area (Å²) in [4.78, 5) is 29.7. The number of hydrogen-bond acceptors (Lipinski definition) is 5. The van der Waals surface area contributed by atoms with E-state index in [2.05, 4.69) is 5.32 Å². The maximum atomic E-state index is 13.5. The second kappa shape index (κ2) is 8.36. The standard InChI is InChI=1S/C25H19FN4O2/c1-29(2)20-13-9-19(10-14-20)28-23-22(17-5-7-18(26)8-6-17)24(31)30(25(23)32)21-11-3-16(15-27)4-12-21/h3-14,28H,1-2H3. The highest BCUT2D eigenvalue weighted by Gasteiger charge is 2.40. The average Bonchev–Trinajstić information content (AvgIpc) is 3.04. The molecule has 0 saturated heterocycles. The van der Waals surface area contributed by atoms with Crippen LogP contribution >= 0.6 is 0 Å². The summed E-state index contributed by atoms with van der Waals surface area (Å²) in [6, 6.07) is 21.0. The molecule has 0 fully saturated rings. The number of nitrogens with one attached hydrogen (secondary N) is 1. The Kier molecular flexibility index (Phi) is 5.44. The molecule has 0 aliphatic carbocycles. The Balaban J connectivity index is 1.77. The molecule has 0 spiro atoms. The molecule has 1 aliphatic rings. The number of rotatable bonds is 5. The molecule has 2 amide bonds. The minimum Gasteiger partial charge on any atom is -0.378 e. The zero-order valence-electron chi connectivity index (χ0n) is 17.5. The Bertz CT molecular complexity index is 1260. The van der Waals surface area contributed by atoms with E-state index in [0.717, 1.165) is 10.6 Å². The highest BCUT2D eigenvalue weighted by atomic mass is 19.1. The lowest BCUT2D eigenvalue weighted by atomic mass is 10.0. The summed E-state index contributed by atoms with van der Waals surface area (Å²) in [5, 5.41) is 12.1. The molecule has 1 N–H and O–H groups in total. The smallest absolute Gasteiger partial charge is 0.282 e. The summed E-state index contributed by atoms with van der Waals surface area (Å²) in [6.07, 6.45) is 0. The van der Waals surface area contributed by atoms with Crippen LogP contribution in [0.4, 0.5) is 21.5 Å². The van der Waals surface area contributed by atoms with Gasteiger partial charge in [0.25, 0.3) is 11.8 Å². The van der Waals surface area contributed by atoms with E-state index < -0.39 is 17.6 Å². The van der Waals surface area contributed by atoms with E-state index in [0.29, 0.717) is 22.5 Å². The Morgan fingerprint density at radius 3 is 2.06 bits per heavy atom. The van der Waals surface area contributed by atoms with Gasteiger partial charge in [0.05, 0.1) is 22.9 Å². The van der Waals surface area contributed by atoms with E-state index in [-0.39, 0.29) is 11.3 Å². The number of hydrogen-bond donors (Lipinski definition) is 1. The molecule has 0 saturated carbocycles. The average molecular weight is 426 g/mol. The van der Waals surface area contributed by atoms with Crippen LogP contribution in [-0.2, 0) is 9.59 Å². The molecule has 158 valence electrons. The van der Waals surface area contributed by atoms with Gasteiger partial charge in [-0.2, -0.15) is 5.26 Å². The van der Waals surface area contributed by atoms with Crippen molar-refractivity contribution >= 4 is 34.4 Å². The highest BCUT2D eigenvalue weighted by Crippen LogP contribution is 2.34. The molecular formula is C25H19FN4O2. The molecule has 0 atom stereocenters. The van der Waals surface area contributed by atoms with E-state index >= 15 is 0 Å². The maximum Gasteiger partial charge on any atom is 0.282 e. The number of carbonyl (C=O) groups is 2. The van der Waals surface area contributed by atoms with Crippen molar-refractivity contribution in [3.05, 3.63) is 95.4 Å². The minimum absolute atomic E-state index is 0.101. The van der Waals surface area contributed by atoms with Gasteiger partial charge in [-0.25, -0.2) is 9.29 Å². The summed E-state index contributed by atoms with van der Waals surface area (Å²) in [5.41, 5.74) is 3.05. The monoisotopic (exact) mass is 426 g/mol. The molecule has 6 nitrogen and oxygen atoms in total. The Labute approximate surface area is 184 Å². The number of nitrogens with zero attached hydrogens (tertiary/aromatic N) is 3. The van der Waals surface area contributed by atoms with Crippen molar-refractivity contribution in [2.75, 3.05) is 29.2 Å². The molecule has 32 heavy (non-hydrogen) atoms. The van der Waals surface area contributed by atoms with E-state index in [9.17, 15) is 14.0 Å². The van der Waals surface area contributed by atoms with Crippen LogP contribution in [0.1, 0.15) is 11.1 Å². The number of carbonyl (C=O) groups excluding carboxylic acids is 2. The second-order valence-corrected chi connectivity index (χ2v) is 7.43. The van der Waals surface area contributed by atoms with Crippen molar-refractivity contribution in [1.29, 1.82) is 5.26 Å². The number of benzene rings is 3. The molecule has 0 radical (unpaired) electrons. The van der Waals surface area contributed by atoms with E-state index in [4.69, 9.17) is 5.26 Å². The van der Waals surface area contributed by atoms with E-state index in [1.54, 1.807) is 24.3 Å². The molecule has 0 bridgehead atoms. The summed E-state index contributed by atoms with van der Waals surface area (Å²) >= 11 is 0. The van der Waals surface area contributed by atoms with Crippen molar-refractivity contribution in [3.8, 4) is 6.07 Å². The first-order valence-corrected chi connectivity index (χ1v) is 9.82. The van der Waals surface area contributed by atoms with Gasteiger partial charge >= 0.3 is 0 Å². The van der Waals surface area contributed by atoms with Crippen LogP contribution in [0.3, 0.4) is 0 Å². The molecule has 1 aliphatic heterocycles. The second-order valence-electron chi connectivity index (χ2n) is 7.43. The zero-order valence-corrected chi connectivity index (χ0v) is 17.5. The summed E-state index contributed by atoms with van der Waals surface area (Å²) in [7, 11) is 3.85. The summed E-state index contributed by atoms with van der Waals surface area (Å²) in [5.74, 6) is -1.50. The van der Waals surface area contributed by atoms with E-state index in [1.165, 1.54) is 24.3 Å². The van der Waals surface area contributed by atoms with Crippen LogP contribution in [0, 0.1) is 17.1 Å². The van der Waals surface area contributed by atoms with Crippen LogP contribution in [0.2, 0.25) is 0 Å². The lowest BCUT2D eigenvalue weighted by molar-refractivity contribution is -0.120. The SMILES string of the molecule is CN(C)c1ccc(NC2=C(c3ccc(F)cc3)C(=O)N(c3ccc(C#N)cc3)C2=O)cc1. The summed E-state index contributed by atoms with van der Waals surface area (Å²) in [6.45, 7) is 0. The van der Waals surface area contributed by atoms with Gasteiger partial charge in [-0.05, 0) is 66.2 Å². The first-order chi connectivity index (χ1) is 15.4. The van der Waals surface area contributed by atoms with Crippen LogP contribution in [-0.4, -0.2) is 25.9 Å². The summed E-state index contributed by atoms with van der Waals surface area (Å²) < 4.78 is 13.5. The van der Waals surface area contributed by atoms with Crippen molar-refractivity contribution in [2.45, 2.75) is 0 Å². The number of halogens is 1. The van der Waals surface area contributed by atoms with Crippen molar-refractivity contribution in [1.82, 2.24) is 0 Å². The number of anilines is 3. The molecule has 3 aromatic carbocycles. The third-order valence-electron chi connectivity index (χ3n) is 5.12. The molecule has 3 aromatic rings. The van der Waals surface area contributed by atoms with Gasteiger partial charge in [-0.15, -0.1) is 0 Å². The van der Waals surface area contributed by atoms with Gasteiger partial charge in [0.2, 0.25) is 0 Å². The van der Waals surface area contributed by atoms with Crippen molar-refractivity contribution < 1.29 is 14.0 Å². The van der Waals surface area contributed by atoms with Gasteiger partial charge < -0.3 is 10.2 Å². The van der Waals surface area contributed by atoms with Gasteiger partial charge in [0, 0.05) is 25.5 Å². The zero-order chi connectivity index (χ0) is 22.8. The van der Waals surface area contributed by atoms with Crippen molar-refractivity contribution in [2.24, 2.45) is 0 Å². The maximum absolute atomic E-state index is 13.5. The first-order valence-electron chi connectivity index (χ1n) is 9.82. The third kappa shape index (κ3) is 3.82. The molecule has 1 heterocycles. The molecular weight excluding hydrogens is 407 g/mol. The fourth-order valence-corrected chi connectivity index (χ4v) is 3.44. The van der Waals surface area contributed by atoms with E-state index in [1.807, 2.05) is 49.3 Å². The molecule has 0 unspecified atom stereocenters. The topological polar surface area (TPSA) is 76.4 Å². The van der Waals surface area contributed by atoms with Gasteiger partial charge in [0.1, 0.15) is 11.5 Å². The Morgan fingerprint density at radius 2 is 1.50 bits per heavy atom. The fourth-order valence-electron chi connectivity index (χ4n) is 3.44. The number of imide groups is 1. The third-order valence-corrected chi connectivity index (χ3v) is 5.12. The quantitative estimate of drug-likeness (QED) is 0.620. The van der Waals surface area contributed by atoms with Crippen molar-refractivity contribution in [3.63, 3.8) is 0 Å². The first kappa shape index (κ1) is 20.8. The largest absolute Gasteiger partial charge is 0.378 e. The predicted octanol–water partition coefficient (Wildman–Crippen LogP) is 4.16. The van der Waals surface area contributed by atoms with Crippen LogP contribution in [0.25, 0.3) is 5.57 Å². The number of amides is 2. The van der Waals surface area contributed by atoms with Crippen LogP contribution in [0.15, 0.2) is 78.5 Å². The molecule has 0 aromatic heterocycles. The Morgan fingerprint density at radius 1 is 0.875 bits per heavy atom. The predicted molar refractivity (Wildman–Crippen MR) is 121 cm³/mol. The van der Waals surface area contributed by atoms with Gasteiger partial charge in [-0.3, -0.25) is 9.59 Å². The van der Waals surface area contributed by atoms with Gasteiger partial charge in [0.15, 0.2) is 0 Å². The van der Waals surface area contributed by atoms with Crippen LogP contribution in [0.5, 0.6) is 0 Å². The minimum atomic E-state index is -0.532. The number of nitriles is 1. The molecule has 4 rings (SSSR count). The fraction of sp³-hybridized carbons (Fsp3) is 0.0800. The highest BCUT2D eigenvalue weighted by molar-refractivity contribution is 6.46. The lowest BCUT2D eigenvalue weighted by Gasteiger charge is -2.16. The van der Waals surface area contributed by atoms with Gasteiger partial charge in [-0.1, -0.05) is 12.1 Å². The lowest BCUT2D eigenvalue weighted by Crippen LogP contribution is -2.32. The molecule has 7 heteroatoms. The normalized spacial score (nSPS) is 13.4.